The molecule has 3 N–H and O–H groups in total. The molecule has 3 nitrogen and oxygen atoms in total. The van der Waals surface area contributed by atoms with Gasteiger partial charge in [-0.2, -0.15) is 0 Å². The molecule has 78 valence electrons. The molecule has 0 aromatic rings. The van der Waals surface area contributed by atoms with Crippen LogP contribution < -0.4 is 5.73 Å². The molecule has 0 spiro atoms. The molecule has 0 aromatic heterocycles. The lowest BCUT2D eigenvalue weighted by Gasteiger charge is -2.42. The molecule has 1 fully saturated rings. The van der Waals surface area contributed by atoms with E-state index in [-0.39, 0.29) is 12.6 Å². The first kappa shape index (κ1) is 11.0. The van der Waals surface area contributed by atoms with Crippen LogP contribution in [0.15, 0.2) is 0 Å². The monoisotopic (exact) mass is 186 g/mol. The third-order valence-corrected chi connectivity index (χ3v) is 3.23. The van der Waals surface area contributed by atoms with Crippen molar-refractivity contribution >= 4 is 0 Å². The number of rotatable bonds is 3. The summed E-state index contributed by atoms with van der Waals surface area (Å²) in [6, 6.07) is 0.729. The molecular formula is C10H22N2O. The van der Waals surface area contributed by atoms with Crippen LogP contribution in [0.1, 0.15) is 26.7 Å². The highest BCUT2D eigenvalue weighted by Crippen LogP contribution is 2.24. The lowest BCUT2D eigenvalue weighted by Crippen LogP contribution is -2.53. The third kappa shape index (κ3) is 2.42. The summed E-state index contributed by atoms with van der Waals surface area (Å²) in [7, 11) is 0. The van der Waals surface area contributed by atoms with Crippen LogP contribution in [-0.2, 0) is 0 Å². The van der Waals surface area contributed by atoms with Crippen molar-refractivity contribution in [3.05, 3.63) is 0 Å². The van der Waals surface area contributed by atoms with Crippen molar-refractivity contribution in [3.63, 3.8) is 0 Å². The van der Waals surface area contributed by atoms with E-state index in [2.05, 4.69) is 18.7 Å². The number of aliphatic hydroxyl groups is 1. The zero-order valence-electron chi connectivity index (χ0n) is 8.74. The van der Waals surface area contributed by atoms with Gasteiger partial charge < -0.3 is 10.8 Å². The largest absolute Gasteiger partial charge is 0.395 e. The summed E-state index contributed by atoms with van der Waals surface area (Å²) in [6.07, 6.45) is 2.51. The Kier molecular flexibility index (Phi) is 4.16. The fourth-order valence-corrected chi connectivity index (χ4v) is 2.30. The van der Waals surface area contributed by atoms with Gasteiger partial charge in [0.25, 0.3) is 0 Å². The Hall–Kier alpha value is -0.120. The van der Waals surface area contributed by atoms with Crippen molar-refractivity contribution in [2.24, 2.45) is 11.7 Å². The van der Waals surface area contributed by atoms with Gasteiger partial charge in [0.15, 0.2) is 0 Å². The minimum absolute atomic E-state index is 0.239. The number of likely N-dealkylation sites (tertiary alicyclic amines) is 1. The van der Waals surface area contributed by atoms with Crippen LogP contribution in [0, 0.1) is 5.92 Å². The molecular weight excluding hydrogens is 164 g/mol. The fraction of sp³-hybridized carbons (Fsp3) is 1.00. The summed E-state index contributed by atoms with van der Waals surface area (Å²) in [5.41, 5.74) is 5.75. The van der Waals surface area contributed by atoms with Crippen molar-refractivity contribution < 1.29 is 5.11 Å². The number of nitrogens with two attached hydrogens (primary N) is 1. The molecule has 0 bridgehead atoms. The maximum absolute atomic E-state index is 9.10. The molecule has 0 saturated carbocycles. The van der Waals surface area contributed by atoms with E-state index in [1.807, 2.05) is 0 Å². The highest BCUT2D eigenvalue weighted by Gasteiger charge is 2.29. The molecule has 1 aliphatic heterocycles. The Morgan fingerprint density at radius 1 is 1.62 bits per heavy atom. The van der Waals surface area contributed by atoms with E-state index in [4.69, 9.17) is 10.8 Å². The number of hydrogen-bond acceptors (Lipinski definition) is 3. The fourth-order valence-electron chi connectivity index (χ4n) is 2.30. The minimum atomic E-state index is 0.239. The summed E-state index contributed by atoms with van der Waals surface area (Å²) in [4.78, 5) is 2.36. The van der Waals surface area contributed by atoms with Crippen molar-refractivity contribution in [2.45, 2.75) is 38.8 Å². The SMILES string of the molecule is CC1CCCN(C(C)CO)C1CN. The molecule has 3 heteroatoms. The second-order valence-corrected chi connectivity index (χ2v) is 4.19. The number of piperidine rings is 1. The van der Waals surface area contributed by atoms with Crippen LogP contribution >= 0.6 is 0 Å². The van der Waals surface area contributed by atoms with E-state index < -0.39 is 0 Å². The van der Waals surface area contributed by atoms with E-state index in [0.717, 1.165) is 6.54 Å². The normalized spacial score (nSPS) is 33.2. The average Bonchev–Trinajstić information content (AvgIpc) is 2.16. The molecule has 0 aromatic carbocycles. The average molecular weight is 186 g/mol. The maximum atomic E-state index is 9.10. The Morgan fingerprint density at radius 3 is 2.85 bits per heavy atom. The van der Waals surface area contributed by atoms with Gasteiger partial charge in [0, 0.05) is 18.6 Å². The topological polar surface area (TPSA) is 49.5 Å². The number of hydrogen-bond donors (Lipinski definition) is 2. The van der Waals surface area contributed by atoms with Crippen LogP contribution in [0.4, 0.5) is 0 Å². The summed E-state index contributed by atoms with van der Waals surface area (Å²) in [5.74, 6) is 0.674. The van der Waals surface area contributed by atoms with Gasteiger partial charge in [-0.3, -0.25) is 4.90 Å². The summed E-state index contributed by atoms with van der Waals surface area (Å²) in [5, 5.41) is 9.10. The van der Waals surface area contributed by atoms with Gasteiger partial charge in [0.05, 0.1) is 6.61 Å². The summed E-state index contributed by atoms with van der Waals surface area (Å²) < 4.78 is 0. The van der Waals surface area contributed by atoms with Crippen molar-refractivity contribution in [3.8, 4) is 0 Å². The Morgan fingerprint density at radius 2 is 2.31 bits per heavy atom. The number of nitrogens with zero attached hydrogens (tertiary/aromatic N) is 1. The van der Waals surface area contributed by atoms with Crippen LogP contribution in [-0.4, -0.2) is 41.8 Å². The first-order chi connectivity index (χ1) is 6.20. The summed E-state index contributed by atoms with van der Waals surface area (Å²) in [6.45, 7) is 6.37. The number of aliphatic hydroxyl groups excluding tert-OH is 1. The molecule has 1 saturated heterocycles. The second-order valence-electron chi connectivity index (χ2n) is 4.19. The zero-order valence-corrected chi connectivity index (χ0v) is 8.74. The zero-order chi connectivity index (χ0) is 9.84. The lowest BCUT2D eigenvalue weighted by molar-refractivity contribution is 0.0419. The molecule has 1 rings (SSSR count). The molecule has 1 heterocycles. The molecule has 1 aliphatic rings. The molecule has 3 unspecified atom stereocenters. The van der Waals surface area contributed by atoms with Crippen LogP contribution in [0.25, 0.3) is 0 Å². The van der Waals surface area contributed by atoms with Crippen molar-refractivity contribution in [2.75, 3.05) is 19.7 Å². The quantitative estimate of drug-likeness (QED) is 0.672. The van der Waals surface area contributed by atoms with Gasteiger partial charge >= 0.3 is 0 Å². The van der Waals surface area contributed by atoms with E-state index in [0.29, 0.717) is 18.5 Å². The van der Waals surface area contributed by atoms with E-state index in [1.165, 1.54) is 12.8 Å². The maximum Gasteiger partial charge on any atom is 0.0584 e. The predicted octanol–water partition coefficient (Wildman–Crippen LogP) is 0.426. The second kappa shape index (κ2) is 4.94. The first-order valence-electron chi connectivity index (χ1n) is 5.27. The minimum Gasteiger partial charge on any atom is -0.395 e. The van der Waals surface area contributed by atoms with Gasteiger partial charge in [-0.1, -0.05) is 6.92 Å². The molecule has 0 radical (unpaired) electrons. The molecule has 0 aliphatic carbocycles. The Labute approximate surface area is 80.9 Å². The Bertz CT molecular complexity index is 152. The van der Waals surface area contributed by atoms with E-state index in [1.54, 1.807) is 0 Å². The van der Waals surface area contributed by atoms with Crippen molar-refractivity contribution in [1.29, 1.82) is 0 Å². The van der Waals surface area contributed by atoms with Gasteiger partial charge in [-0.25, -0.2) is 0 Å². The van der Waals surface area contributed by atoms with Gasteiger partial charge in [-0.05, 0) is 32.2 Å². The molecule has 13 heavy (non-hydrogen) atoms. The van der Waals surface area contributed by atoms with Gasteiger partial charge in [0.1, 0.15) is 0 Å². The Balaban J connectivity index is 2.58. The van der Waals surface area contributed by atoms with Crippen LogP contribution in [0.2, 0.25) is 0 Å². The highest BCUT2D eigenvalue weighted by molar-refractivity contribution is 4.85. The van der Waals surface area contributed by atoms with Gasteiger partial charge in [0.2, 0.25) is 0 Å². The summed E-state index contributed by atoms with van der Waals surface area (Å²) >= 11 is 0. The smallest absolute Gasteiger partial charge is 0.0584 e. The third-order valence-electron chi connectivity index (χ3n) is 3.23. The van der Waals surface area contributed by atoms with Crippen LogP contribution in [0.3, 0.4) is 0 Å². The molecule has 0 amide bonds. The standard InChI is InChI=1S/C10H22N2O/c1-8-4-3-5-12(9(2)7-13)10(8)6-11/h8-10,13H,3-7,11H2,1-2H3. The van der Waals surface area contributed by atoms with Crippen molar-refractivity contribution in [1.82, 2.24) is 4.90 Å². The highest BCUT2D eigenvalue weighted by atomic mass is 16.3. The van der Waals surface area contributed by atoms with E-state index >= 15 is 0 Å². The molecule has 3 atom stereocenters. The van der Waals surface area contributed by atoms with E-state index in [9.17, 15) is 0 Å². The lowest BCUT2D eigenvalue weighted by atomic mass is 9.90. The first-order valence-corrected chi connectivity index (χ1v) is 5.27. The predicted molar refractivity (Wildman–Crippen MR) is 54.5 cm³/mol. The van der Waals surface area contributed by atoms with Crippen LogP contribution in [0.5, 0.6) is 0 Å². The van der Waals surface area contributed by atoms with Gasteiger partial charge in [-0.15, -0.1) is 0 Å².